The van der Waals surface area contributed by atoms with Gasteiger partial charge in [-0.1, -0.05) is 73.1 Å². The Morgan fingerprint density at radius 1 is 0.968 bits per heavy atom. The molecule has 1 heterocycles. The molecule has 7 heteroatoms. The average molecular weight is 433 g/mol. The molecule has 156 valence electrons. The van der Waals surface area contributed by atoms with Crippen LogP contribution >= 0.6 is 11.6 Å². The molecule has 0 spiro atoms. The molecule has 0 saturated carbocycles. The molecule has 0 aliphatic rings. The van der Waals surface area contributed by atoms with Gasteiger partial charge in [-0.05, 0) is 41.8 Å². The fourth-order valence-electron chi connectivity index (χ4n) is 3.15. The number of aromatic nitrogens is 2. The Kier molecular flexibility index (Phi) is 6.29. The van der Waals surface area contributed by atoms with Crippen molar-refractivity contribution in [2.75, 3.05) is 5.32 Å². The number of aryl methyl sites for hydroxylation is 1. The first kappa shape index (κ1) is 20.6. The lowest BCUT2D eigenvalue weighted by Crippen LogP contribution is -2.33. The van der Waals surface area contributed by atoms with Gasteiger partial charge in [-0.25, -0.2) is 4.79 Å². The van der Waals surface area contributed by atoms with Crippen LogP contribution in [0.3, 0.4) is 0 Å². The van der Waals surface area contributed by atoms with Gasteiger partial charge < -0.3 is 15.1 Å². The van der Waals surface area contributed by atoms with Gasteiger partial charge in [0.15, 0.2) is 0 Å². The third-order valence-electron chi connectivity index (χ3n) is 4.82. The third-order valence-corrected chi connectivity index (χ3v) is 5.15. The minimum atomic E-state index is -0.625. The Morgan fingerprint density at radius 2 is 1.68 bits per heavy atom. The number of rotatable bonds is 6. The summed E-state index contributed by atoms with van der Waals surface area (Å²) >= 11 is 6.25. The Labute approximate surface area is 185 Å². The minimum absolute atomic E-state index is 0.262. The fourth-order valence-corrected chi connectivity index (χ4v) is 3.37. The predicted octanol–water partition coefficient (Wildman–Crippen LogP) is 5.86. The number of amides is 2. The molecule has 2 amide bonds. The van der Waals surface area contributed by atoms with Crippen molar-refractivity contribution in [1.82, 2.24) is 15.5 Å². The van der Waals surface area contributed by atoms with E-state index in [-0.39, 0.29) is 11.9 Å². The Hall–Kier alpha value is -3.64. The molecular weight excluding hydrogens is 412 g/mol. The summed E-state index contributed by atoms with van der Waals surface area (Å²) in [6.07, 6.45) is 0.938. The van der Waals surface area contributed by atoms with Crippen LogP contribution in [0.5, 0.6) is 0 Å². The van der Waals surface area contributed by atoms with Gasteiger partial charge in [0.25, 0.3) is 0 Å². The molecule has 4 rings (SSSR count). The number of halogens is 1. The lowest BCUT2D eigenvalue weighted by molar-refractivity contribution is 0.248. The first-order chi connectivity index (χ1) is 15.1. The highest BCUT2D eigenvalue weighted by atomic mass is 35.5. The zero-order valence-corrected chi connectivity index (χ0v) is 17.6. The van der Waals surface area contributed by atoms with Gasteiger partial charge in [-0.15, -0.1) is 10.2 Å². The highest BCUT2D eigenvalue weighted by Crippen LogP contribution is 2.29. The van der Waals surface area contributed by atoms with E-state index in [1.807, 2.05) is 66.7 Å². The van der Waals surface area contributed by atoms with Crippen LogP contribution in [0.25, 0.3) is 11.5 Å². The van der Waals surface area contributed by atoms with E-state index in [2.05, 4.69) is 27.8 Å². The molecule has 6 nitrogen and oxygen atoms in total. The van der Waals surface area contributed by atoms with Crippen LogP contribution in [0, 0.1) is 0 Å². The fraction of sp³-hybridized carbons (Fsp3) is 0.125. The van der Waals surface area contributed by atoms with Crippen molar-refractivity contribution in [3.63, 3.8) is 0 Å². The lowest BCUT2D eigenvalue weighted by Gasteiger charge is -2.16. The van der Waals surface area contributed by atoms with E-state index < -0.39 is 6.04 Å². The van der Waals surface area contributed by atoms with E-state index in [0.717, 1.165) is 12.0 Å². The maximum absolute atomic E-state index is 12.7. The number of benzene rings is 3. The Morgan fingerprint density at radius 3 is 2.39 bits per heavy atom. The smallest absolute Gasteiger partial charge is 0.320 e. The Bertz CT molecular complexity index is 1160. The lowest BCUT2D eigenvalue weighted by atomic mass is 10.1. The molecule has 3 aromatic carbocycles. The number of urea groups is 1. The summed E-state index contributed by atoms with van der Waals surface area (Å²) in [5.74, 6) is 0.552. The van der Waals surface area contributed by atoms with Gasteiger partial charge in [0.2, 0.25) is 11.8 Å². The normalized spacial score (nSPS) is 11.7. The highest BCUT2D eigenvalue weighted by Gasteiger charge is 2.24. The quantitative estimate of drug-likeness (QED) is 0.399. The number of hydrogen-bond acceptors (Lipinski definition) is 4. The summed E-state index contributed by atoms with van der Waals surface area (Å²) in [6, 6.07) is 23.4. The van der Waals surface area contributed by atoms with Crippen molar-refractivity contribution in [3.8, 4) is 11.5 Å². The number of carbonyl (C=O) groups excluding carboxylic acids is 1. The topological polar surface area (TPSA) is 80.0 Å². The summed E-state index contributed by atoms with van der Waals surface area (Å²) in [4.78, 5) is 12.7. The van der Waals surface area contributed by atoms with Crippen molar-refractivity contribution in [2.24, 2.45) is 0 Å². The number of carbonyl (C=O) groups is 1. The predicted molar refractivity (Wildman–Crippen MR) is 121 cm³/mol. The molecule has 0 fully saturated rings. The maximum Gasteiger partial charge on any atom is 0.320 e. The molecule has 1 aromatic heterocycles. The average Bonchev–Trinajstić information content (AvgIpc) is 3.28. The van der Waals surface area contributed by atoms with Crippen LogP contribution in [-0.2, 0) is 6.42 Å². The second kappa shape index (κ2) is 9.45. The minimum Gasteiger partial charge on any atom is -0.418 e. The zero-order valence-electron chi connectivity index (χ0n) is 16.9. The molecule has 0 unspecified atom stereocenters. The van der Waals surface area contributed by atoms with Gasteiger partial charge in [-0.3, -0.25) is 0 Å². The second-order valence-corrected chi connectivity index (χ2v) is 7.33. The van der Waals surface area contributed by atoms with Crippen molar-refractivity contribution >= 4 is 23.3 Å². The van der Waals surface area contributed by atoms with Crippen LogP contribution in [0.4, 0.5) is 10.5 Å². The van der Waals surface area contributed by atoms with Gasteiger partial charge in [0.1, 0.15) is 6.04 Å². The number of nitrogens with one attached hydrogen (secondary N) is 2. The van der Waals surface area contributed by atoms with Crippen LogP contribution in [-0.4, -0.2) is 16.2 Å². The van der Waals surface area contributed by atoms with Crippen molar-refractivity contribution in [2.45, 2.75) is 19.4 Å². The van der Waals surface area contributed by atoms with Gasteiger partial charge in [0.05, 0.1) is 10.6 Å². The number of hydrogen-bond donors (Lipinski definition) is 2. The second-order valence-electron chi connectivity index (χ2n) is 6.92. The van der Waals surface area contributed by atoms with Crippen LogP contribution in [0.2, 0.25) is 5.02 Å². The van der Waals surface area contributed by atoms with Crippen LogP contribution in [0.15, 0.2) is 83.3 Å². The largest absolute Gasteiger partial charge is 0.418 e. The van der Waals surface area contributed by atoms with Crippen LogP contribution < -0.4 is 10.6 Å². The Balaban J connectivity index is 1.58. The number of nitrogens with zero attached hydrogens (tertiary/aromatic N) is 2. The molecule has 31 heavy (non-hydrogen) atoms. The van der Waals surface area contributed by atoms with E-state index in [1.54, 1.807) is 12.1 Å². The van der Waals surface area contributed by atoms with E-state index in [4.69, 9.17) is 16.0 Å². The van der Waals surface area contributed by atoms with Crippen LogP contribution in [0.1, 0.15) is 30.0 Å². The van der Waals surface area contributed by atoms with E-state index >= 15 is 0 Å². The summed E-state index contributed by atoms with van der Waals surface area (Å²) in [5.41, 5.74) is 3.35. The van der Waals surface area contributed by atoms with Gasteiger partial charge in [-0.2, -0.15) is 0 Å². The molecule has 0 radical (unpaired) electrons. The van der Waals surface area contributed by atoms with Gasteiger partial charge >= 0.3 is 6.03 Å². The molecule has 2 N–H and O–H groups in total. The summed E-state index contributed by atoms with van der Waals surface area (Å²) < 4.78 is 5.90. The summed E-state index contributed by atoms with van der Waals surface area (Å²) in [7, 11) is 0. The van der Waals surface area contributed by atoms with Crippen molar-refractivity contribution in [3.05, 3.63) is 101 Å². The first-order valence-electron chi connectivity index (χ1n) is 9.93. The maximum atomic E-state index is 12.7. The van der Waals surface area contributed by atoms with Crippen molar-refractivity contribution < 1.29 is 9.21 Å². The molecule has 0 aliphatic heterocycles. The molecular formula is C24H21ClN4O2. The standard InChI is InChI=1S/C24H21ClN4O2/c1-2-16-12-14-18(15-13-16)26-24(30)27-21(17-8-4-3-5-9-17)23-29-28-22(31-23)19-10-6-7-11-20(19)25/h3-15,21H,2H2,1H3,(H2,26,27,30)/t21-/m0/s1. The molecule has 0 bridgehead atoms. The van der Waals surface area contributed by atoms with E-state index in [1.165, 1.54) is 5.56 Å². The third kappa shape index (κ3) is 4.92. The first-order valence-corrected chi connectivity index (χ1v) is 10.3. The van der Waals surface area contributed by atoms with E-state index in [9.17, 15) is 4.79 Å². The zero-order chi connectivity index (χ0) is 21.6. The van der Waals surface area contributed by atoms with Gasteiger partial charge in [0, 0.05) is 5.69 Å². The molecule has 0 saturated heterocycles. The molecule has 0 aliphatic carbocycles. The van der Waals surface area contributed by atoms with E-state index in [0.29, 0.717) is 22.2 Å². The highest BCUT2D eigenvalue weighted by molar-refractivity contribution is 6.33. The van der Waals surface area contributed by atoms with Crippen molar-refractivity contribution in [1.29, 1.82) is 0 Å². The summed E-state index contributed by atoms with van der Waals surface area (Å²) in [5, 5.41) is 14.6. The molecule has 1 atom stereocenters. The number of anilines is 1. The molecule has 4 aromatic rings. The SMILES string of the molecule is CCc1ccc(NC(=O)N[C@@H](c2ccccc2)c2nnc(-c3ccccc3Cl)o2)cc1. The monoisotopic (exact) mass is 432 g/mol. The summed E-state index contributed by atoms with van der Waals surface area (Å²) in [6.45, 7) is 2.08.